The second kappa shape index (κ2) is 9.87. The first-order chi connectivity index (χ1) is 15.2. The van der Waals surface area contributed by atoms with Gasteiger partial charge in [-0.05, 0) is 31.0 Å². The van der Waals surface area contributed by atoms with E-state index in [1.54, 1.807) is 0 Å². The van der Waals surface area contributed by atoms with E-state index >= 15 is 0 Å². The Hall–Kier alpha value is -3.00. The second-order valence-corrected chi connectivity index (χ2v) is 8.41. The summed E-state index contributed by atoms with van der Waals surface area (Å²) < 4.78 is 7.46. The van der Waals surface area contributed by atoms with E-state index in [1.807, 2.05) is 66.2 Å². The van der Waals surface area contributed by atoms with Gasteiger partial charge in [0.1, 0.15) is 11.0 Å². The summed E-state index contributed by atoms with van der Waals surface area (Å²) in [5.41, 5.74) is 5.47. The third-order valence-corrected chi connectivity index (χ3v) is 6.32. The van der Waals surface area contributed by atoms with E-state index in [9.17, 15) is 4.79 Å². The van der Waals surface area contributed by atoms with E-state index in [4.69, 9.17) is 4.74 Å². The molecule has 0 spiro atoms. The van der Waals surface area contributed by atoms with Crippen molar-refractivity contribution in [3.8, 4) is 17.1 Å². The smallest absolute Gasteiger partial charge is 0.236 e. The number of ether oxygens (including phenoxy) is 1. The Morgan fingerprint density at radius 1 is 1.13 bits per heavy atom. The number of thioether (sulfide) groups is 1. The van der Waals surface area contributed by atoms with Crippen LogP contribution in [0.2, 0.25) is 0 Å². The highest BCUT2D eigenvalue weighted by Gasteiger charge is 2.37. The van der Waals surface area contributed by atoms with E-state index in [0.29, 0.717) is 18.3 Å². The topological polar surface area (TPSA) is 81.1 Å². The molecule has 162 valence electrons. The Balaban J connectivity index is 1.66. The number of nitrogens with zero attached hydrogens (tertiary/aromatic N) is 3. The Labute approximate surface area is 186 Å². The molecule has 0 unspecified atom stereocenters. The molecule has 0 fully saturated rings. The third kappa shape index (κ3) is 4.69. The zero-order valence-corrected chi connectivity index (χ0v) is 18.6. The van der Waals surface area contributed by atoms with Crippen molar-refractivity contribution < 1.29 is 9.53 Å². The number of hydrogen-bond donors (Lipinski definition) is 2. The summed E-state index contributed by atoms with van der Waals surface area (Å²) in [6, 6.07) is 17.6. The SMILES string of the molecule is CCCCNC(=O)[C@H]1Sc2nnc(-c3ccccc3)n2N[C@@H]1c1ccc(OCC)cc1. The molecular formula is C23H27N5O2S. The highest BCUT2D eigenvalue weighted by atomic mass is 32.2. The van der Waals surface area contributed by atoms with Gasteiger partial charge in [-0.15, -0.1) is 10.2 Å². The van der Waals surface area contributed by atoms with Crippen LogP contribution in [0.1, 0.15) is 38.3 Å². The van der Waals surface area contributed by atoms with Gasteiger partial charge in [0.05, 0.1) is 12.6 Å². The van der Waals surface area contributed by atoms with Gasteiger partial charge in [-0.2, -0.15) is 0 Å². The van der Waals surface area contributed by atoms with E-state index in [-0.39, 0.29) is 17.2 Å². The molecule has 2 heterocycles. The maximum Gasteiger partial charge on any atom is 0.236 e. The second-order valence-electron chi connectivity index (χ2n) is 7.30. The molecule has 1 amide bonds. The van der Waals surface area contributed by atoms with Gasteiger partial charge in [-0.1, -0.05) is 67.6 Å². The number of unbranched alkanes of at least 4 members (excludes halogenated alkanes) is 1. The number of aromatic nitrogens is 3. The van der Waals surface area contributed by atoms with Crippen LogP contribution < -0.4 is 15.5 Å². The molecule has 3 aromatic rings. The molecule has 0 aliphatic carbocycles. The molecule has 2 N–H and O–H groups in total. The summed E-state index contributed by atoms with van der Waals surface area (Å²) in [6.45, 7) is 5.36. The first-order valence-electron chi connectivity index (χ1n) is 10.7. The zero-order valence-electron chi connectivity index (χ0n) is 17.7. The van der Waals surface area contributed by atoms with Crippen molar-refractivity contribution in [2.24, 2.45) is 0 Å². The Morgan fingerprint density at radius 3 is 2.61 bits per heavy atom. The minimum Gasteiger partial charge on any atom is -0.494 e. The fourth-order valence-electron chi connectivity index (χ4n) is 3.51. The predicted molar refractivity (Wildman–Crippen MR) is 123 cm³/mol. The van der Waals surface area contributed by atoms with Crippen molar-refractivity contribution in [2.75, 3.05) is 18.6 Å². The van der Waals surface area contributed by atoms with Crippen LogP contribution in [0.15, 0.2) is 59.8 Å². The van der Waals surface area contributed by atoms with Crippen LogP contribution in [0.3, 0.4) is 0 Å². The summed E-state index contributed by atoms with van der Waals surface area (Å²) in [7, 11) is 0. The summed E-state index contributed by atoms with van der Waals surface area (Å²) in [5.74, 6) is 1.54. The van der Waals surface area contributed by atoms with E-state index in [1.165, 1.54) is 11.8 Å². The minimum absolute atomic E-state index is 0.000320. The number of nitrogens with one attached hydrogen (secondary N) is 2. The summed E-state index contributed by atoms with van der Waals surface area (Å²) in [5, 5.41) is 12.1. The molecule has 2 atom stereocenters. The maximum atomic E-state index is 13.1. The minimum atomic E-state index is -0.366. The largest absolute Gasteiger partial charge is 0.494 e. The Bertz CT molecular complexity index is 1010. The summed E-state index contributed by atoms with van der Waals surface area (Å²) in [4.78, 5) is 13.1. The Morgan fingerprint density at radius 2 is 1.90 bits per heavy atom. The molecule has 1 aliphatic heterocycles. The molecule has 1 aliphatic rings. The van der Waals surface area contributed by atoms with Gasteiger partial charge in [-0.25, -0.2) is 4.68 Å². The lowest BCUT2D eigenvalue weighted by Gasteiger charge is -2.33. The zero-order chi connectivity index (χ0) is 21.6. The van der Waals surface area contributed by atoms with E-state index in [2.05, 4.69) is 27.9 Å². The van der Waals surface area contributed by atoms with Crippen LogP contribution in [0.25, 0.3) is 11.4 Å². The van der Waals surface area contributed by atoms with Crippen molar-refractivity contribution >= 4 is 17.7 Å². The quantitative estimate of drug-likeness (QED) is 0.518. The van der Waals surface area contributed by atoms with Crippen LogP contribution >= 0.6 is 11.8 Å². The molecule has 7 nitrogen and oxygen atoms in total. The van der Waals surface area contributed by atoms with Crippen LogP contribution in [-0.4, -0.2) is 39.2 Å². The average molecular weight is 438 g/mol. The molecule has 0 bridgehead atoms. The molecular weight excluding hydrogens is 410 g/mol. The first kappa shape index (κ1) is 21.2. The fourth-order valence-corrected chi connectivity index (χ4v) is 4.61. The van der Waals surface area contributed by atoms with Crippen molar-refractivity contribution in [3.05, 3.63) is 60.2 Å². The van der Waals surface area contributed by atoms with Crippen LogP contribution in [0.4, 0.5) is 0 Å². The predicted octanol–water partition coefficient (Wildman–Crippen LogP) is 4.02. The van der Waals surface area contributed by atoms with Gasteiger partial charge in [0.25, 0.3) is 0 Å². The number of fused-ring (bicyclic) bond motifs is 1. The third-order valence-electron chi connectivity index (χ3n) is 5.11. The van der Waals surface area contributed by atoms with Gasteiger partial charge >= 0.3 is 0 Å². The summed E-state index contributed by atoms with van der Waals surface area (Å²) >= 11 is 1.44. The molecule has 0 saturated heterocycles. The average Bonchev–Trinajstić information content (AvgIpc) is 3.23. The van der Waals surface area contributed by atoms with Crippen molar-refractivity contribution in [3.63, 3.8) is 0 Å². The van der Waals surface area contributed by atoms with Crippen molar-refractivity contribution in [2.45, 2.75) is 43.1 Å². The lowest BCUT2D eigenvalue weighted by atomic mass is 10.0. The Kier molecular flexibility index (Phi) is 6.76. The number of benzene rings is 2. The molecule has 2 aromatic carbocycles. The van der Waals surface area contributed by atoms with Crippen LogP contribution in [-0.2, 0) is 4.79 Å². The summed E-state index contributed by atoms with van der Waals surface area (Å²) in [6.07, 6.45) is 1.99. The van der Waals surface area contributed by atoms with Crippen molar-refractivity contribution in [1.82, 2.24) is 20.2 Å². The van der Waals surface area contributed by atoms with Gasteiger partial charge in [-0.3, -0.25) is 4.79 Å². The van der Waals surface area contributed by atoms with Crippen LogP contribution in [0, 0.1) is 0 Å². The number of rotatable bonds is 8. The molecule has 8 heteroatoms. The molecule has 4 rings (SSSR count). The van der Waals surface area contributed by atoms with Crippen molar-refractivity contribution in [1.29, 1.82) is 0 Å². The molecule has 31 heavy (non-hydrogen) atoms. The lowest BCUT2D eigenvalue weighted by molar-refractivity contribution is -0.120. The number of carbonyl (C=O) groups excluding carboxylic acids is 1. The number of hydrogen-bond acceptors (Lipinski definition) is 6. The van der Waals surface area contributed by atoms with Gasteiger partial charge in [0, 0.05) is 12.1 Å². The monoisotopic (exact) mass is 437 g/mol. The standard InChI is InChI=1S/C23H27N5O2S/c1-3-5-15-24-22(29)20-19(16-11-13-18(14-12-16)30-4-2)27-28-21(25-26-23(28)31-20)17-9-7-6-8-10-17/h6-14,19-20,27H,3-5,15H2,1-2H3,(H,24,29)/t19-,20+/m1/s1. The maximum absolute atomic E-state index is 13.1. The highest BCUT2D eigenvalue weighted by Crippen LogP contribution is 2.38. The van der Waals surface area contributed by atoms with Gasteiger partial charge < -0.3 is 15.5 Å². The van der Waals surface area contributed by atoms with Gasteiger partial charge in [0.2, 0.25) is 11.1 Å². The van der Waals surface area contributed by atoms with Crippen LogP contribution in [0.5, 0.6) is 5.75 Å². The normalized spacial score (nSPS) is 17.5. The lowest BCUT2D eigenvalue weighted by Crippen LogP contribution is -2.44. The molecule has 0 saturated carbocycles. The van der Waals surface area contributed by atoms with E-state index < -0.39 is 0 Å². The molecule has 0 radical (unpaired) electrons. The fraction of sp³-hybridized carbons (Fsp3) is 0.348. The number of amides is 1. The van der Waals surface area contributed by atoms with Gasteiger partial charge in [0.15, 0.2) is 5.82 Å². The first-order valence-corrected chi connectivity index (χ1v) is 11.5. The highest BCUT2D eigenvalue weighted by molar-refractivity contribution is 8.00. The van der Waals surface area contributed by atoms with E-state index in [0.717, 1.165) is 35.5 Å². The molecule has 1 aromatic heterocycles. The number of carbonyl (C=O) groups is 1.